The summed E-state index contributed by atoms with van der Waals surface area (Å²) in [4.78, 5) is 8.82. The number of guanidine groups is 1. The molecular weight excluding hydrogens is 483 g/mol. The summed E-state index contributed by atoms with van der Waals surface area (Å²) >= 11 is 7.99. The zero-order valence-electron chi connectivity index (χ0n) is 15.3. The molecule has 2 aromatic rings. The van der Waals surface area contributed by atoms with Crippen LogP contribution in [0.15, 0.2) is 28.6 Å². The highest BCUT2D eigenvalue weighted by Crippen LogP contribution is 2.22. The standard InChI is InChI=1S/C18H25ClN4OS.HI/c1-4-17-23-14(12-25-17)8-10-22-18(20-2)21-9-7-13-5-6-15(24-3)11-16(13)19;/h5-6,11-12H,4,7-10H2,1-3H3,(H2,20,21,22);1H. The normalized spacial score (nSPS) is 11.0. The molecule has 0 amide bonds. The van der Waals surface area contributed by atoms with Crippen molar-refractivity contribution in [3.05, 3.63) is 44.9 Å². The van der Waals surface area contributed by atoms with E-state index in [4.69, 9.17) is 16.3 Å². The zero-order valence-corrected chi connectivity index (χ0v) is 19.2. The van der Waals surface area contributed by atoms with E-state index in [1.165, 1.54) is 5.01 Å². The molecule has 1 heterocycles. The van der Waals surface area contributed by atoms with E-state index in [2.05, 4.69) is 32.9 Å². The quantitative estimate of drug-likeness (QED) is 0.322. The number of hydrogen-bond donors (Lipinski definition) is 2. The second kappa shape index (κ2) is 12.3. The number of nitrogens with one attached hydrogen (secondary N) is 2. The van der Waals surface area contributed by atoms with E-state index in [9.17, 15) is 0 Å². The van der Waals surface area contributed by atoms with Gasteiger partial charge >= 0.3 is 0 Å². The number of aryl methyl sites for hydroxylation is 1. The highest BCUT2D eigenvalue weighted by Gasteiger charge is 2.04. The minimum absolute atomic E-state index is 0. The minimum Gasteiger partial charge on any atom is -0.497 e. The van der Waals surface area contributed by atoms with Crippen LogP contribution in [0.2, 0.25) is 5.02 Å². The van der Waals surface area contributed by atoms with Crippen molar-refractivity contribution in [3.63, 3.8) is 0 Å². The number of halogens is 2. The topological polar surface area (TPSA) is 58.5 Å². The third-order valence-corrected chi connectivity index (χ3v) is 5.14. The average Bonchev–Trinajstić information content (AvgIpc) is 3.09. The Hall–Kier alpha value is -1.06. The van der Waals surface area contributed by atoms with Crippen LogP contribution in [-0.2, 0) is 19.3 Å². The lowest BCUT2D eigenvalue weighted by atomic mass is 10.1. The lowest BCUT2D eigenvalue weighted by molar-refractivity contribution is 0.414. The summed E-state index contributed by atoms with van der Waals surface area (Å²) < 4.78 is 5.17. The van der Waals surface area contributed by atoms with Crippen molar-refractivity contribution in [1.82, 2.24) is 15.6 Å². The molecule has 144 valence electrons. The second-order valence-corrected chi connectivity index (χ2v) is 6.82. The highest BCUT2D eigenvalue weighted by atomic mass is 127. The Kier molecular flexibility index (Phi) is 10.9. The summed E-state index contributed by atoms with van der Waals surface area (Å²) in [6, 6.07) is 5.75. The van der Waals surface area contributed by atoms with E-state index < -0.39 is 0 Å². The number of hydrogen-bond acceptors (Lipinski definition) is 4. The summed E-state index contributed by atoms with van der Waals surface area (Å²) in [5.41, 5.74) is 2.22. The van der Waals surface area contributed by atoms with Crippen LogP contribution in [-0.4, -0.2) is 38.2 Å². The monoisotopic (exact) mass is 508 g/mol. The summed E-state index contributed by atoms with van der Waals surface area (Å²) in [6.45, 7) is 3.68. The number of nitrogens with zero attached hydrogens (tertiary/aromatic N) is 2. The maximum atomic E-state index is 6.26. The molecule has 1 aromatic carbocycles. The third kappa shape index (κ3) is 7.28. The van der Waals surface area contributed by atoms with Crippen molar-refractivity contribution in [2.75, 3.05) is 27.2 Å². The first-order valence-corrected chi connectivity index (χ1v) is 9.62. The van der Waals surface area contributed by atoms with Gasteiger partial charge in [-0.25, -0.2) is 4.98 Å². The number of methoxy groups -OCH3 is 1. The minimum atomic E-state index is 0. The van der Waals surface area contributed by atoms with Crippen LogP contribution in [0.3, 0.4) is 0 Å². The maximum absolute atomic E-state index is 6.26. The molecule has 0 saturated carbocycles. The van der Waals surface area contributed by atoms with Crippen LogP contribution in [0.4, 0.5) is 0 Å². The van der Waals surface area contributed by atoms with Gasteiger partial charge in [-0.2, -0.15) is 0 Å². The number of thiazole rings is 1. The van der Waals surface area contributed by atoms with E-state index >= 15 is 0 Å². The van der Waals surface area contributed by atoms with E-state index in [-0.39, 0.29) is 24.0 Å². The molecule has 0 aliphatic rings. The van der Waals surface area contributed by atoms with Crippen LogP contribution in [0.25, 0.3) is 0 Å². The molecule has 8 heteroatoms. The molecule has 0 saturated heterocycles. The molecule has 0 aliphatic heterocycles. The van der Waals surface area contributed by atoms with Gasteiger partial charge in [-0.3, -0.25) is 4.99 Å². The summed E-state index contributed by atoms with van der Waals surface area (Å²) in [7, 11) is 3.41. The smallest absolute Gasteiger partial charge is 0.190 e. The molecule has 26 heavy (non-hydrogen) atoms. The molecule has 5 nitrogen and oxygen atoms in total. The predicted octanol–water partition coefficient (Wildman–Crippen LogP) is 3.94. The van der Waals surface area contributed by atoms with Gasteiger partial charge in [-0.1, -0.05) is 24.6 Å². The van der Waals surface area contributed by atoms with Crippen LogP contribution in [0.1, 0.15) is 23.2 Å². The molecule has 0 bridgehead atoms. The molecule has 0 atom stereocenters. The molecular formula is C18H26ClIN4OS. The maximum Gasteiger partial charge on any atom is 0.190 e. The SMILES string of the molecule is CCc1nc(CCNC(=NC)NCCc2ccc(OC)cc2Cl)cs1.I. The molecule has 0 fully saturated rings. The Labute approximate surface area is 181 Å². The van der Waals surface area contributed by atoms with Crippen molar-refractivity contribution >= 4 is 52.9 Å². The van der Waals surface area contributed by atoms with E-state index in [0.29, 0.717) is 0 Å². The van der Waals surface area contributed by atoms with Crippen molar-refractivity contribution < 1.29 is 4.74 Å². The fraction of sp³-hybridized carbons (Fsp3) is 0.444. The van der Waals surface area contributed by atoms with Gasteiger partial charge in [0.15, 0.2) is 5.96 Å². The molecule has 0 unspecified atom stereocenters. The van der Waals surface area contributed by atoms with Crippen molar-refractivity contribution in [1.29, 1.82) is 0 Å². The fourth-order valence-corrected chi connectivity index (χ4v) is 3.37. The van der Waals surface area contributed by atoms with Gasteiger partial charge in [0, 0.05) is 37.0 Å². The van der Waals surface area contributed by atoms with Gasteiger partial charge < -0.3 is 15.4 Å². The van der Waals surface area contributed by atoms with Gasteiger partial charge in [-0.05, 0) is 30.5 Å². The average molecular weight is 509 g/mol. The molecule has 1 aromatic heterocycles. The first-order chi connectivity index (χ1) is 12.2. The number of aromatic nitrogens is 1. The summed E-state index contributed by atoms with van der Waals surface area (Å²) in [5.74, 6) is 1.56. The Morgan fingerprint density at radius 1 is 1.27 bits per heavy atom. The van der Waals surface area contributed by atoms with Gasteiger partial charge in [-0.15, -0.1) is 35.3 Å². The van der Waals surface area contributed by atoms with Crippen LogP contribution in [0, 0.1) is 0 Å². The van der Waals surface area contributed by atoms with Crippen LogP contribution >= 0.6 is 46.9 Å². The molecule has 2 rings (SSSR count). The van der Waals surface area contributed by atoms with Gasteiger partial charge in [0.1, 0.15) is 5.75 Å². The van der Waals surface area contributed by atoms with Crippen molar-refractivity contribution in [2.24, 2.45) is 4.99 Å². The highest BCUT2D eigenvalue weighted by molar-refractivity contribution is 14.0. The van der Waals surface area contributed by atoms with E-state index in [1.54, 1.807) is 25.5 Å². The first kappa shape index (κ1) is 23.0. The third-order valence-electron chi connectivity index (χ3n) is 3.75. The predicted molar refractivity (Wildman–Crippen MR) is 122 cm³/mol. The van der Waals surface area contributed by atoms with Gasteiger partial charge in [0.25, 0.3) is 0 Å². The summed E-state index contributed by atoms with van der Waals surface area (Å²) in [5, 5.41) is 10.7. The number of ether oxygens (including phenoxy) is 1. The van der Waals surface area contributed by atoms with Gasteiger partial charge in [0.2, 0.25) is 0 Å². The molecule has 0 radical (unpaired) electrons. The Morgan fingerprint density at radius 2 is 2.00 bits per heavy atom. The first-order valence-electron chi connectivity index (χ1n) is 8.36. The van der Waals surface area contributed by atoms with Gasteiger partial charge in [0.05, 0.1) is 17.8 Å². The van der Waals surface area contributed by atoms with Crippen LogP contribution in [0.5, 0.6) is 5.75 Å². The van der Waals surface area contributed by atoms with E-state index in [0.717, 1.165) is 60.3 Å². The van der Waals surface area contributed by atoms with Crippen molar-refractivity contribution in [3.8, 4) is 5.75 Å². The molecule has 2 N–H and O–H groups in total. The zero-order chi connectivity index (χ0) is 18.1. The van der Waals surface area contributed by atoms with Crippen molar-refractivity contribution in [2.45, 2.75) is 26.2 Å². The van der Waals surface area contributed by atoms with E-state index in [1.807, 2.05) is 18.2 Å². The second-order valence-electron chi connectivity index (χ2n) is 5.47. The Balaban J connectivity index is 0.00000338. The Bertz CT molecular complexity index is 708. The summed E-state index contributed by atoms with van der Waals surface area (Å²) in [6.07, 6.45) is 2.70. The van der Waals surface area contributed by atoms with Crippen LogP contribution < -0.4 is 15.4 Å². The number of rotatable bonds is 8. The molecule has 0 spiro atoms. The molecule has 0 aliphatic carbocycles. The lowest BCUT2D eigenvalue weighted by Gasteiger charge is -2.12. The number of benzene rings is 1. The lowest BCUT2D eigenvalue weighted by Crippen LogP contribution is -2.39. The fourth-order valence-electron chi connectivity index (χ4n) is 2.33. The number of aliphatic imine (C=N–C) groups is 1. The largest absolute Gasteiger partial charge is 0.497 e. The Morgan fingerprint density at radius 3 is 2.58 bits per heavy atom.